The van der Waals surface area contributed by atoms with Gasteiger partial charge >= 0.3 is 0 Å². The number of hydrogen-bond donors (Lipinski definition) is 2. The Balaban J connectivity index is 1.65. The number of rotatable bonds is 10. The minimum Gasteiger partial charge on any atom is -0.379 e. The zero-order valence-electron chi connectivity index (χ0n) is 15.8. The number of unbranched alkanes of at least 4 members (excludes halogenated alkanes) is 1. The van der Waals surface area contributed by atoms with Crippen LogP contribution in [0, 0.1) is 6.92 Å². The molecule has 0 amide bonds. The molecule has 1 aromatic heterocycles. The third kappa shape index (κ3) is 7.44. The summed E-state index contributed by atoms with van der Waals surface area (Å²) in [5.74, 6) is 1.93. The lowest BCUT2D eigenvalue weighted by Crippen LogP contribution is -2.44. The summed E-state index contributed by atoms with van der Waals surface area (Å²) in [5, 5.41) is 6.71. The molecule has 0 saturated carbocycles. The van der Waals surface area contributed by atoms with E-state index in [0.717, 1.165) is 63.9 Å². The first-order valence-electron chi connectivity index (χ1n) is 9.41. The fraction of sp³-hybridized carbons (Fsp3) is 0.778. The molecular weight excluding hydrogens is 318 g/mol. The van der Waals surface area contributed by atoms with Gasteiger partial charge in [-0.05, 0) is 40.0 Å². The van der Waals surface area contributed by atoms with E-state index in [0.29, 0.717) is 6.61 Å². The Hall–Kier alpha value is -1.60. The van der Waals surface area contributed by atoms with E-state index in [1.807, 2.05) is 19.3 Å². The van der Waals surface area contributed by atoms with E-state index in [1.54, 1.807) is 0 Å². The normalized spacial score (nSPS) is 19.2. The summed E-state index contributed by atoms with van der Waals surface area (Å²) in [7, 11) is 0. The van der Waals surface area contributed by atoms with Crippen LogP contribution in [0.5, 0.6) is 0 Å². The number of hydrogen-bond acceptors (Lipinski definition) is 4. The highest BCUT2D eigenvalue weighted by Crippen LogP contribution is 2.08. The van der Waals surface area contributed by atoms with Gasteiger partial charge in [-0.2, -0.15) is 0 Å². The van der Waals surface area contributed by atoms with Crippen molar-refractivity contribution < 1.29 is 9.47 Å². The summed E-state index contributed by atoms with van der Waals surface area (Å²) in [6.07, 6.45) is 7.27. The van der Waals surface area contributed by atoms with Crippen molar-refractivity contribution in [3.63, 3.8) is 0 Å². The smallest absolute Gasteiger partial charge is 0.191 e. The van der Waals surface area contributed by atoms with E-state index < -0.39 is 0 Å². The Labute approximate surface area is 151 Å². The maximum Gasteiger partial charge on any atom is 0.191 e. The van der Waals surface area contributed by atoms with Crippen LogP contribution in [0.2, 0.25) is 0 Å². The number of nitrogens with zero attached hydrogens (tertiary/aromatic N) is 3. The van der Waals surface area contributed by atoms with E-state index in [9.17, 15) is 0 Å². The number of guanidine groups is 1. The van der Waals surface area contributed by atoms with Crippen molar-refractivity contribution in [3.8, 4) is 0 Å². The van der Waals surface area contributed by atoms with Gasteiger partial charge in [-0.1, -0.05) is 0 Å². The fourth-order valence-corrected chi connectivity index (χ4v) is 2.74. The molecule has 0 radical (unpaired) electrons. The molecule has 0 bridgehead atoms. The summed E-state index contributed by atoms with van der Waals surface area (Å²) in [5.41, 5.74) is 0. The van der Waals surface area contributed by atoms with Crippen molar-refractivity contribution in [1.82, 2.24) is 20.2 Å². The lowest BCUT2D eigenvalue weighted by molar-refractivity contribution is 0.0347. The number of aliphatic imine (C=N–C) groups is 1. The van der Waals surface area contributed by atoms with Gasteiger partial charge in [-0.3, -0.25) is 4.99 Å². The van der Waals surface area contributed by atoms with E-state index >= 15 is 0 Å². The lowest BCUT2D eigenvalue weighted by Gasteiger charge is -2.19. The van der Waals surface area contributed by atoms with Crippen LogP contribution in [-0.2, 0) is 16.0 Å². The van der Waals surface area contributed by atoms with E-state index in [2.05, 4.69) is 39.0 Å². The minimum absolute atomic E-state index is 0.215. The molecule has 0 aromatic carbocycles. The van der Waals surface area contributed by atoms with Gasteiger partial charge in [0.15, 0.2) is 5.96 Å². The van der Waals surface area contributed by atoms with Crippen LogP contribution in [0.15, 0.2) is 17.4 Å². The van der Waals surface area contributed by atoms with E-state index in [1.165, 1.54) is 0 Å². The quantitative estimate of drug-likeness (QED) is 0.381. The Morgan fingerprint density at radius 1 is 1.52 bits per heavy atom. The van der Waals surface area contributed by atoms with Gasteiger partial charge in [0, 0.05) is 44.7 Å². The number of aromatic nitrogens is 2. The first kappa shape index (κ1) is 19.7. The van der Waals surface area contributed by atoms with Crippen LogP contribution in [0.3, 0.4) is 0 Å². The molecule has 2 atom stereocenters. The van der Waals surface area contributed by atoms with Crippen LogP contribution in [-0.4, -0.2) is 60.6 Å². The van der Waals surface area contributed by atoms with Crippen molar-refractivity contribution in [2.75, 3.05) is 32.9 Å². The van der Waals surface area contributed by atoms with Crippen molar-refractivity contribution in [2.45, 2.75) is 58.7 Å². The predicted octanol–water partition coefficient (Wildman–Crippen LogP) is 1.72. The second-order valence-electron chi connectivity index (χ2n) is 6.50. The standard InChI is InChI=1S/C18H33N5O2/c1-4-19-18(22-15(2)13-25-17-7-12-24-14-17)21-8-5-6-10-23-11-9-20-16(23)3/h9,11,15,17H,4-8,10,12-14H2,1-3H3,(H2,19,21,22). The third-order valence-electron chi connectivity index (χ3n) is 4.20. The second-order valence-corrected chi connectivity index (χ2v) is 6.50. The van der Waals surface area contributed by atoms with E-state index in [-0.39, 0.29) is 12.1 Å². The molecule has 1 aliphatic rings. The van der Waals surface area contributed by atoms with Crippen molar-refractivity contribution in [2.24, 2.45) is 4.99 Å². The maximum atomic E-state index is 5.86. The van der Waals surface area contributed by atoms with Crippen molar-refractivity contribution in [1.29, 1.82) is 0 Å². The van der Waals surface area contributed by atoms with Gasteiger partial charge in [-0.15, -0.1) is 0 Å². The molecule has 2 heterocycles. The first-order valence-corrected chi connectivity index (χ1v) is 9.41. The molecular formula is C18H33N5O2. The molecule has 1 saturated heterocycles. The zero-order valence-corrected chi connectivity index (χ0v) is 15.8. The largest absolute Gasteiger partial charge is 0.379 e. The molecule has 0 aliphatic carbocycles. The molecule has 7 nitrogen and oxygen atoms in total. The summed E-state index contributed by atoms with van der Waals surface area (Å²) in [6, 6.07) is 0.215. The Morgan fingerprint density at radius 2 is 2.40 bits per heavy atom. The van der Waals surface area contributed by atoms with Gasteiger partial charge in [0.1, 0.15) is 5.82 Å². The molecule has 2 N–H and O–H groups in total. The third-order valence-corrected chi connectivity index (χ3v) is 4.20. The van der Waals surface area contributed by atoms with Gasteiger partial charge in [0.25, 0.3) is 0 Å². The zero-order chi connectivity index (χ0) is 17.9. The summed E-state index contributed by atoms with van der Waals surface area (Å²) < 4.78 is 13.4. The molecule has 7 heteroatoms. The molecule has 2 rings (SSSR count). The first-order chi connectivity index (χ1) is 12.2. The summed E-state index contributed by atoms with van der Waals surface area (Å²) in [4.78, 5) is 8.91. The summed E-state index contributed by atoms with van der Waals surface area (Å²) in [6.45, 7) is 11.1. The highest BCUT2D eigenvalue weighted by molar-refractivity contribution is 5.80. The van der Waals surface area contributed by atoms with Crippen LogP contribution < -0.4 is 10.6 Å². The molecule has 25 heavy (non-hydrogen) atoms. The topological polar surface area (TPSA) is 72.7 Å². The van der Waals surface area contributed by atoms with Crippen molar-refractivity contribution >= 4 is 5.96 Å². The molecule has 1 fully saturated rings. The maximum absolute atomic E-state index is 5.86. The molecule has 142 valence electrons. The average Bonchev–Trinajstić information content (AvgIpc) is 3.25. The lowest BCUT2D eigenvalue weighted by atomic mass is 10.3. The van der Waals surface area contributed by atoms with Gasteiger partial charge in [0.05, 0.1) is 19.3 Å². The van der Waals surface area contributed by atoms with E-state index in [4.69, 9.17) is 9.47 Å². The minimum atomic E-state index is 0.215. The molecule has 0 spiro atoms. The second kappa shape index (κ2) is 11.1. The highest BCUT2D eigenvalue weighted by atomic mass is 16.5. The molecule has 1 aromatic rings. The van der Waals surface area contributed by atoms with Crippen LogP contribution in [0.4, 0.5) is 0 Å². The number of ether oxygens (including phenoxy) is 2. The molecule has 2 unspecified atom stereocenters. The Morgan fingerprint density at radius 3 is 3.08 bits per heavy atom. The van der Waals surface area contributed by atoms with Crippen molar-refractivity contribution in [3.05, 3.63) is 18.2 Å². The van der Waals surface area contributed by atoms with Crippen LogP contribution in [0.25, 0.3) is 0 Å². The monoisotopic (exact) mass is 351 g/mol. The Kier molecular flexibility index (Phi) is 8.76. The fourth-order valence-electron chi connectivity index (χ4n) is 2.74. The average molecular weight is 351 g/mol. The number of aryl methyl sites for hydroxylation is 2. The SMILES string of the molecule is CCNC(=NCCCCn1ccnc1C)NC(C)COC1CCOC1. The predicted molar refractivity (Wildman–Crippen MR) is 100.0 cm³/mol. The number of imidazole rings is 1. The van der Waals surface area contributed by atoms with Gasteiger partial charge in [-0.25, -0.2) is 4.98 Å². The van der Waals surface area contributed by atoms with Gasteiger partial charge < -0.3 is 24.7 Å². The van der Waals surface area contributed by atoms with Gasteiger partial charge in [0.2, 0.25) is 0 Å². The highest BCUT2D eigenvalue weighted by Gasteiger charge is 2.17. The Bertz CT molecular complexity index is 511. The van der Waals surface area contributed by atoms with Crippen LogP contribution in [0.1, 0.15) is 38.9 Å². The summed E-state index contributed by atoms with van der Waals surface area (Å²) >= 11 is 0. The molecule has 1 aliphatic heterocycles. The van der Waals surface area contributed by atoms with Crippen LogP contribution >= 0.6 is 0 Å². The number of nitrogens with one attached hydrogen (secondary N) is 2.